The average molecular weight is 216 g/mol. The van der Waals surface area contributed by atoms with E-state index in [1.807, 2.05) is 6.92 Å². The summed E-state index contributed by atoms with van der Waals surface area (Å²) in [4.78, 5) is 11.0. The number of unbranched alkanes of at least 4 members (excludes halogenated alkanes) is 2. The molecule has 1 N–H and O–H groups in total. The summed E-state index contributed by atoms with van der Waals surface area (Å²) < 4.78 is 5.34. The zero-order valence-corrected chi connectivity index (χ0v) is 10.2. The zero-order valence-electron chi connectivity index (χ0n) is 10.2. The molecule has 0 aliphatic rings. The van der Waals surface area contributed by atoms with E-state index >= 15 is 0 Å². The van der Waals surface area contributed by atoms with E-state index in [0.29, 0.717) is 6.42 Å². The Morgan fingerprint density at radius 3 is 2.33 bits per heavy atom. The lowest BCUT2D eigenvalue weighted by atomic mass is 9.93. The predicted molar refractivity (Wildman–Crippen MR) is 60.6 cm³/mol. The number of aliphatic hydroxyl groups excluding tert-OH is 1. The van der Waals surface area contributed by atoms with Gasteiger partial charge in [-0.05, 0) is 32.6 Å². The highest BCUT2D eigenvalue weighted by atomic mass is 16.6. The first-order valence-corrected chi connectivity index (χ1v) is 5.84. The maximum absolute atomic E-state index is 11.0. The highest BCUT2D eigenvalue weighted by Crippen LogP contribution is 2.25. The van der Waals surface area contributed by atoms with Crippen molar-refractivity contribution in [2.75, 3.05) is 6.61 Å². The van der Waals surface area contributed by atoms with Crippen molar-refractivity contribution in [1.82, 2.24) is 0 Å². The van der Waals surface area contributed by atoms with Crippen LogP contribution in [0.25, 0.3) is 0 Å². The van der Waals surface area contributed by atoms with Crippen molar-refractivity contribution in [3.63, 3.8) is 0 Å². The molecule has 0 heterocycles. The Kier molecular flexibility index (Phi) is 7.39. The predicted octanol–water partition coefficient (Wildman–Crippen LogP) is 2.66. The molecule has 1 atom stereocenters. The standard InChI is InChI=1S/C12H24O3/c1-4-5-6-8-12(3,9-7-10-13)15-11(2)14/h13H,4-10H2,1-3H3. The van der Waals surface area contributed by atoms with Crippen molar-refractivity contribution in [2.45, 2.75) is 64.9 Å². The van der Waals surface area contributed by atoms with Crippen LogP contribution in [0.15, 0.2) is 0 Å². The van der Waals surface area contributed by atoms with Crippen molar-refractivity contribution in [3.8, 4) is 0 Å². The molecule has 0 aliphatic heterocycles. The lowest BCUT2D eigenvalue weighted by molar-refractivity contribution is -0.157. The minimum atomic E-state index is -0.385. The lowest BCUT2D eigenvalue weighted by Crippen LogP contribution is -2.31. The van der Waals surface area contributed by atoms with E-state index in [9.17, 15) is 4.79 Å². The van der Waals surface area contributed by atoms with Crippen LogP contribution in [0.1, 0.15) is 59.3 Å². The third-order valence-corrected chi connectivity index (χ3v) is 2.56. The van der Waals surface area contributed by atoms with Gasteiger partial charge in [-0.25, -0.2) is 0 Å². The lowest BCUT2D eigenvalue weighted by Gasteiger charge is -2.29. The molecule has 0 spiro atoms. The Hall–Kier alpha value is -0.570. The number of carbonyl (C=O) groups excluding carboxylic acids is 1. The van der Waals surface area contributed by atoms with Gasteiger partial charge in [0.25, 0.3) is 0 Å². The van der Waals surface area contributed by atoms with E-state index in [2.05, 4.69) is 6.92 Å². The van der Waals surface area contributed by atoms with Crippen LogP contribution >= 0.6 is 0 Å². The summed E-state index contributed by atoms with van der Waals surface area (Å²) >= 11 is 0. The molecule has 0 fully saturated rings. The minimum Gasteiger partial charge on any atom is -0.460 e. The average Bonchev–Trinajstić information content (AvgIpc) is 2.14. The molecule has 1 unspecified atom stereocenters. The molecule has 3 heteroatoms. The van der Waals surface area contributed by atoms with Gasteiger partial charge in [-0.15, -0.1) is 0 Å². The Labute approximate surface area is 92.8 Å². The highest BCUT2D eigenvalue weighted by Gasteiger charge is 2.26. The summed E-state index contributed by atoms with van der Waals surface area (Å²) in [6, 6.07) is 0. The summed E-state index contributed by atoms with van der Waals surface area (Å²) in [5.74, 6) is -0.230. The third-order valence-electron chi connectivity index (χ3n) is 2.56. The number of aliphatic hydroxyl groups is 1. The first kappa shape index (κ1) is 14.4. The summed E-state index contributed by atoms with van der Waals surface area (Å²) in [5, 5.41) is 8.79. The summed E-state index contributed by atoms with van der Waals surface area (Å²) in [6.45, 7) is 5.71. The van der Waals surface area contributed by atoms with Crippen molar-refractivity contribution >= 4 is 5.97 Å². The van der Waals surface area contributed by atoms with Gasteiger partial charge in [0.1, 0.15) is 5.60 Å². The molecule has 0 saturated heterocycles. The van der Waals surface area contributed by atoms with E-state index in [1.54, 1.807) is 0 Å². The van der Waals surface area contributed by atoms with Gasteiger partial charge in [-0.2, -0.15) is 0 Å². The molecule has 0 aliphatic carbocycles. The maximum Gasteiger partial charge on any atom is 0.303 e. The van der Waals surface area contributed by atoms with Crippen LogP contribution in [0, 0.1) is 0 Å². The smallest absolute Gasteiger partial charge is 0.303 e. The summed E-state index contributed by atoms with van der Waals surface area (Å²) in [6.07, 6.45) is 5.72. The molecule has 0 aromatic carbocycles. The van der Waals surface area contributed by atoms with Crippen LogP contribution < -0.4 is 0 Å². The number of carbonyl (C=O) groups is 1. The summed E-state index contributed by atoms with van der Waals surface area (Å²) in [7, 11) is 0. The molecular weight excluding hydrogens is 192 g/mol. The van der Waals surface area contributed by atoms with Crippen LogP contribution in [0.5, 0.6) is 0 Å². The topological polar surface area (TPSA) is 46.5 Å². The Morgan fingerprint density at radius 2 is 1.87 bits per heavy atom. The van der Waals surface area contributed by atoms with Crippen LogP contribution in [0.3, 0.4) is 0 Å². The van der Waals surface area contributed by atoms with E-state index < -0.39 is 0 Å². The zero-order chi connectivity index (χ0) is 11.7. The largest absolute Gasteiger partial charge is 0.460 e. The molecule has 3 nitrogen and oxygen atoms in total. The van der Waals surface area contributed by atoms with Gasteiger partial charge in [-0.3, -0.25) is 4.79 Å². The molecule has 0 aromatic rings. The van der Waals surface area contributed by atoms with Crippen LogP contribution in [-0.4, -0.2) is 23.3 Å². The second kappa shape index (κ2) is 7.69. The third kappa shape index (κ3) is 7.37. The Balaban J connectivity index is 4.07. The SMILES string of the molecule is CCCCCC(C)(CCCO)OC(C)=O. The molecule has 0 rings (SSSR count). The van der Waals surface area contributed by atoms with Crippen molar-refractivity contribution in [3.05, 3.63) is 0 Å². The molecule has 0 radical (unpaired) electrons. The number of hydrogen-bond acceptors (Lipinski definition) is 3. The van der Waals surface area contributed by atoms with E-state index in [0.717, 1.165) is 32.1 Å². The van der Waals surface area contributed by atoms with Gasteiger partial charge >= 0.3 is 5.97 Å². The first-order valence-electron chi connectivity index (χ1n) is 5.84. The Morgan fingerprint density at radius 1 is 1.27 bits per heavy atom. The molecule has 90 valence electrons. The van der Waals surface area contributed by atoms with Gasteiger partial charge in [-0.1, -0.05) is 19.8 Å². The van der Waals surface area contributed by atoms with Gasteiger partial charge < -0.3 is 9.84 Å². The fourth-order valence-electron chi connectivity index (χ4n) is 1.78. The molecule has 15 heavy (non-hydrogen) atoms. The van der Waals surface area contributed by atoms with Gasteiger partial charge in [0.15, 0.2) is 0 Å². The molecule has 0 saturated carbocycles. The number of ether oxygens (including phenoxy) is 1. The molecule has 0 amide bonds. The Bertz CT molecular complexity index is 180. The molecular formula is C12H24O3. The highest BCUT2D eigenvalue weighted by molar-refractivity contribution is 5.66. The molecule has 0 aromatic heterocycles. The number of rotatable bonds is 8. The summed E-state index contributed by atoms with van der Waals surface area (Å²) in [5.41, 5.74) is -0.385. The minimum absolute atomic E-state index is 0.157. The van der Waals surface area contributed by atoms with Crippen molar-refractivity contribution < 1.29 is 14.6 Å². The molecule has 0 bridgehead atoms. The van der Waals surface area contributed by atoms with Crippen LogP contribution in [0.4, 0.5) is 0 Å². The second-order valence-corrected chi connectivity index (χ2v) is 4.33. The van der Waals surface area contributed by atoms with Gasteiger partial charge in [0.2, 0.25) is 0 Å². The normalized spacial score (nSPS) is 14.7. The maximum atomic E-state index is 11.0. The van der Waals surface area contributed by atoms with Crippen LogP contribution in [0.2, 0.25) is 0 Å². The van der Waals surface area contributed by atoms with E-state index in [4.69, 9.17) is 9.84 Å². The van der Waals surface area contributed by atoms with Gasteiger partial charge in [0.05, 0.1) is 0 Å². The van der Waals surface area contributed by atoms with E-state index in [-0.39, 0.29) is 18.2 Å². The second-order valence-electron chi connectivity index (χ2n) is 4.33. The fraction of sp³-hybridized carbons (Fsp3) is 0.917. The van der Waals surface area contributed by atoms with Gasteiger partial charge in [0, 0.05) is 13.5 Å². The number of hydrogen-bond donors (Lipinski definition) is 1. The fourth-order valence-corrected chi connectivity index (χ4v) is 1.78. The number of esters is 1. The monoisotopic (exact) mass is 216 g/mol. The quantitative estimate of drug-likeness (QED) is 0.501. The van der Waals surface area contributed by atoms with Crippen molar-refractivity contribution in [1.29, 1.82) is 0 Å². The first-order chi connectivity index (χ1) is 7.04. The van der Waals surface area contributed by atoms with Crippen LogP contribution in [-0.2, 0) is 9.53 Å². The van der Waals surface area contributed by atoms with Crippen molar-refractivity contribution in [2.24, 2.45) is 0 Å². The van der Waals surface area contributed by atoms with E-state index in [1.165, 1.54) is 6.92 Å².